The van der Waals surface area contributed by atoms with Crippen molar-refractivity contribution in [2.45, 2.75) is 4.90 Å². The van der Waals surface area contributed by atoms with E-state index in [2.05, 4.69) is 11.1 Å². The summed E-state index contributed by atoms with van der Waals surface area (Å²) in [5.41, 5.74) is 0.784. The van der Waals surface area contributed by atoms with Crippen molar-refractivity contribution in [2.24, 2.45) is 0 Å². The molecule has 2 aromatic rings. The summed E-state index contributed by atoms with van der Waals surface area (Å²) in [4.78, 5) is 25.6. The molecule has 9 nitrogen and oxygen atoms in total. The van der Waals surface area contributed by atoms with E-state index in [9.17, 15) is 18.5 Å². The van der Waals surface area contributed by atoms with Gasteiger partial charge >= 0.3 is 0 Å². The van der Waals surface area contributed by atoms with Crippen LogP contribution in [0.15, 0.2) is 47.5 Å². The Kier molecular flexibility index (Phi) is 6.12. The lowest BCUT2D eigenvalue weighted by atomic mass is 10.1. The molecule has 0 aliphatic carbocycles. The van der Waals surface area contributed by atoms with Crippen molar-refractivity contribution in [1.82, 2.24) is 14.4 Å². The minimum atomic E-state index is -3.84. The van der Waals surface area contributed by atoms with E-state index in [0.29, 0.717) is 43.1 Å². The number of hydrogen-bond donors (Lipinski definition) is 0. The molecule has 2 heterocycles. The molecule has 1 aromatic heterocycles. The van der Waals surface area contributed by atoms with Crippen molar-refractivity contribution >= 4 is 21.7 Å². The lowest BCUT2D eigenvalue weighted by Gasteiger charge is -2.35. The quantitative estimate of drug-likeness (QED) is 0.673. The zero-order valence-electron chi connectivity index (χ0n) is 16.1. The van der Waals surface area contributed by atoms with Crippen molar-refractivity contribution in [3.8, 4) is 6.07 Å². The summed E-state index contributed by atoms with van der Waals surface area (Å²) in [7, 11) is -1.29. The summed E-state index contributed by atoms with van der Waals surface area (Å²) in [6, 6.07) is 11.5. The molecule has 1 aliphatic rings. The van der Waals surface area contributed by atoms with Crippen molar-refractivity contribution in [1.29, 1.82) is 5.26 Å². The first-order valence-corrected chi connectivity index (χ1v) is 10.3. The van der Waals surface area contributed by atoms with Crippen LogP contribution in [0.4, 0.5) is 5.82 Å². The number of aromatic nitrogens is 1. The Hall–Kier alpha value is -3.00. The predicted octanol–water partition coefficient (Wildman–Crippen LogP) is 1.10. The highest BCUT2D eigenvalue weighted by Crippen LogP contribution is 2.20. The van der Waals surface area contributed by atoms with Crippen LogP contribution >= 0.6 is 0 Å². The number of piperazine rings is 1. The molecule has 1 saturated heterocycles. The molecule has 0 bridgehead atoms. The molecule has 1 fully saturated rings. The molecular formula is C19H21N5O4S. The maximum absolute atomic E-state index is 12.9. The molecule has 1 aliphatic heterocycles. The van der Waals surface area contributed by atoms with Crippen LogP contribution in [0.1, 0.15) is 15.9 Å². The van der Waals surface area contributed by atoms with Gasteiger partial charge in [-0.05, 0) is 30.3 Å². The Morgan fingerprint density at radius 1 is 1.21 bits per heavy atom. The average Bonchev–Trinajstić information content (AvgIpc) is 2.78. The van der Waals surface area contributed by atoms with Gasteiger partial charge in [0.25, 0.3) is 15.9 Å². The lowest BCUT2D eigenvalue weighted by Crippen LogP contribution is -2.49. The van der Waals surface area contributed by atoms with Crippen LogP contribution in [0.3, 0.4) is 0 Å². The molecular weight excluding hydrogens is 394 g/mol. The fourth-order valence-electron chi connectivity index (χ4n) is 3.08. The van der Waals surface area contributed by atoms with Gasteiger partial charge in [0.2, 0.25) is 0 Å². The van der Waals surface area contributed by atoms with E-state index in [0.717, 1.165) is 4.47 Å². The third-order valence-electron chi connectivity index (χ3n) is 4.75. The highest BCUT2D eigenvalue weighted by Gasteiger charge is 2.26. The molecule has 0 unspecified atom stereocenters. The fourth-order valence-corrected chi connectivity index (χ4v) is 4.10. The minimum Gasteiger partial charge on any atom is -0.352 e. The van der Waals surface area contributed by atoms with Crippen LogP contribution in [0.5, 0.6) is 0 Å². The number of amides is 1. The highest BCUT2D eigenvalue weighted by atomic mass is 32.2. The van der Waals surface area contributed by atoms with Gasteiger partial charge in [0.05, 0.1) is 17.6 Å². The first-order chi connectivity index (χ1) is 13.9. The summed E-state index contributed by atoms with van der Waals surface area (Å²) in [6.07, 6.45) is 1.64. The van der Waals surface area contributed by atoms with E-state index in [1.54, 1.807) is 29.3 Å². The third-order valence-corrected chi connectivity index (χ3v) is 6.42. The van der Waals surface area contributed by atoms with Crippen molar-refractivity contribution in [2.75, 3.05) is 45.2 Å². The molecule has 29 heavy (non-hydrogen) atoms. The number of benzene rings is 1. The summed E-state index contributed by atoms with van der Waals surface area (Å²) in [5, 5.41) is 9.24. The number of hydroxylamine groups is 1. The number of carbonyl (C=O) groups excluding carboxylic acids is 1. The molecule has 0 saturated carbocycles. The van der Waals surface area contributed by atoms with Gasteiger partial charge in [0, 0.05) is 45.0 Å². The van der Waals surface area contributed by atoms with Gasteiger partial charge in [-0.1, -0.05) is 10.5 Å². The number of nitriles is 1. The van der Waals surface area contributed by atoms with Gasteiger partial charge in [-0.25, -0.2) is 13.4 Å². The average molecular weight is 415 g/mol. The molecule has 3 rings (SSSR count). The number of rotatable bonds is 5. The first kappa shape index (κ1) is 20.7. The summed E-state index contributed by atoms with van der Waals surface area (Å²) >= 11 is 0. The van der Waals surface area contributed by atoms with Crippen LogP contribution in [-0.4, -0.2) is 69.0 Å². The summed E-state index contributed by atoms with van der Waals surface area (Å²) in [5.74, 6) is 0.362. The molecule has 0 spiro atoms. The Morgan fingerprint density at radius 2 is 1.93 bits per heavy atom. The van der Waals surface area contributed by atoms with Crippen molar-refractivity contribution in [3.05, 3.63) is 53.7 Å². The second kappa shape index (κ2) is 8.57. The number of carbonyl (C=O) groups is 1. The Morgan fingerprint density at radius 3 is 2.59 bits per heavy atom. The maximum Gasteiger partial charge on any atom is 0.264 e. The topological polar surface area (TPSA) is 107 Å². The van der Waals surface area contributed by atoms with Gasteiger partial charge in [0.15, 0.2) is 0 Å². The third kappa shape index (κ3) is 4.22. The number of hydrogen-bond acceptors (Lipinski definition) is 7. The van der Waals surface area contributed by atoms with E-state index in [4.69, 9.17) is 4.84 Å². The Bertz CT molecular complexity index is 1040. The predicted molar refractivity (Wildman–Crippen MR) is 105 cm³/mol. The van der Waals surface area contributed by atoms with Crippen molar-refractivity contribution in [3.63, 3.8) is 0 Å². The lowest BCUT2D eigenvalue weighted by molar-refractivity contribution is -0.0258. The van der Waals surface area contributed by atoms with Crippen molar-refractivity contribution < 1.29 is 18.0 Å². The van der Waals surface area contributed by atoms with E-state index in [1.165, 1.54) is 32.4 Å². The SMILES string of the molecule is CON(C)S(=O)(=O)c1cccc(C(=O)N2CCN(c3ncccc3C#N)CC2)c1. The zero-order valence-corrected chi connectivity index (χ0v) is 17.0. The smallest absolute Gasteiger partial charge is 0.264 e. The van der Waals surface area contributed by atoms with Gasteiger partial charge in [-0.3, -0.25) is 9.63 Å². The first-order valence-electron chi connectivity index (χ1n) is 8.91. The van der Waals surface area contributed by atoms with E-state index < -0.39 is 10.0 Å². The van der Waals surface area contributed by atoms with Gasteiger partial charge in [-0.2, -0.15) is 5.26 Å². The van der Waals surface area contributed by atoms with E-state index >= 15 is 0 Å². The zero-order chi connectivity index (χ0) is 21.0. The monoisotopic (exact) mass is 415 g/mol. The van der Waals surface area contributed by atoms with Crippen LogP contribution < -0.4 is 4.90 Å². The summed E-state index contributed by atoms with van der Waals surface area (Å²) in [6.45, 7) is 1.94. The summed E-state index contributed by atoms with van der Waals surface area (Å²) < 4.78 is 25.6. The second-order valence-electron chi connectivity index (χ2n) is 6.39. The molecule has 0 radical (unpaired) electrons. The van der Waals surface area contributed by atoms with E-state index in [1.807, 2.05) is 4.90 Å². The fraction of sp³-hybridized carbons (Fsp3) is 0.316. The van der Waals surface area contributed by atoms with Gasteiger partial charge in [0.1, 0.15) is 11.9 Å². The number of anilines is 1. The standard InChI is InChI=1S/C19H21N5O4S/c1-22(28-2)29(26,27)17-7-3-5-15(13-17)19(25)24-11-9-23(10-12-24)18-16(14-20)6-4-8-21-18/h3-8,13H,9-12H2,1-2H3. The molecule has 1 aromatic carbocycles. The molecule has 0 atom stereocenters. The van der Waals surface area contributed by atoms with Crippen LogP contribution in [0, 0.1) is 11.3 Å². The van der Waals surface area contributed by atoms with Crippen LogP contribution in [0.2, 0.25) is 0 Å². The van der Waals surface area contributed by atoms with E-state index in [-0.39, 0.29) is 10.8 Å². The van der Waals surface area contributed by atoms with Gasteiger partial charge in [-0.15, -0.1) is 0 Å². The van der Waals surface area contributed by atoms with Gasteiger partial charge < -0.3 is 9.80 Å². The maximum atomic E-state index is 12.9. The Balaban J connectivity index is 1.73. The molecule has 1 amide bonds. The van der Waals surface area contributed by atoms with Crippen LogP contribution in [0.25, 0.3) is 0 Å². The largest absolute Gasteiger partial charge is 0.352 e. The minimum absolute atomic E-state index is 0.0153. The number of sulfonamides is 1. The molecule has 10 heteroatoms. The molecule has 152 valence electrons. The normalized spacial score (nSPS) is 14.7. The Labute approximate surface area is 169 Å². The number of pyridine rings is 1. The second-order valence-corrected chi connectivity index (χ2v) is 8.33. The van der Waals surface area contributed by atoms with Crippen LogP contribution in [-0.2, 0) is 14.9 Å². The highest BCUT2D eigenvalue weighted by molar-refractivity contribution is 7.89. The number of nitrogens with zero attached hydrogens (tertiary/aromatic N) is 5. The molecule has 0 N–H and O–H groups in total.